The Balaban J connectivity index is 1.60. The van der Waals surface area contributed by atoms with Crippen LogP contribution in [0.2, 0.25) is 0 Å². The zero-order valence-electron chi connectivity index (χ0n) is 14.9. The summed E-state index contributed by atoms with van der Waals surface area (Å²) in [5.74, 6) is -1.24. The lowest BCUT2D eigenvalue weighted by Gasteiger charge is -2.32. The summed E-state index contributed by atoms with van der Waals surface area (Å²) in [5, 5.41) is 13.7. The van der Waals surface area contributed by atoms with E-state index in [0.717, 1.165) is 32.5 Å². The van der Waals surface area contributed by atoms with Gasteiger partial charge < -0.3 is 10.4 Å². The van der Waals surface area contributed by atoms with Crippen LogP contribution < -0.4 is 10.6 Å². The van der Waals surface area contributed by atoms with Gasteiger partial charge in [0, 0.05) is 38.5 Å². The summed E-state index contributed by atoms with van der Waals surface area (Å²) >= 11 is 0. The molecule has 0 bridgehead atoms. The fraction of sp³-hybridized carbons (Fsp3) is 0.526. The Morgan fingerprint density at radius 3 is 2.35 bits per heavy atom. The highest BCUT2D eigenvalue weighted by atomic mass is 16.4. The third-order valence-electron chi connectivity index (χ3n) is 4.47. The summed E-state index contributed by atoms with van der Waals surface area (Å²) in [6.45, 7) is 2.72. The molecule has 0 aliphatic carbocycles. The van der Waals surface area contributed by atoms with E-state index in [1.54, 1.807) is 0 Å². The maximum absolute atomic E-state index is 11.9. The molecule has 7 heteroatoms. The molecule has 7 nitrogen and oxygen atoms in total. The topological polar surface area (TPSA) is 98.7 Å². The van der Waals surface area contributed by atoms with Gasteiger partial charge >= 0.3 is 12.0 Å². The van der Waals surface area contributed by atoms with Gasteiger partial charge in [-0.1, -0.05) is 30.3 Å². The molecular formula is C19H27N3O4. The molecule has 1 aliphatic heterocycles. The smallest absolute Gasteiger partial charge is 0.321 e. The minimum atomic E-state index is -0.873. The fourth-order valence-corrected chi connectivity index (χ4v) is 3.05. The third kappa shape index (κ3) is 7.65. The molecule has 1 saturated heterocycles. The van der Waals surface area contributed by atoms with Crippen LogP contribution in [0, 0.1) is 0 Å². The Kier molecular flexibility index (Phi) is 8.08. The fourth-order valence-electron chi connectivity index (χ4n) is 3.05. The summed E-state index contributed by atoms with van der Waals surface area (Å²) < 4.78 is 0. The van der Waals surface area contributed by atoms with E-state index in [4.69, 9.17) is 5.11 Å². The van der Waals surface area contributed by atoms with E-state index in [1.165, 1.54) is 5.56 Å². The van der Waals surface area contributed by atoms with Crippen LogP contribution in [0.25, 0.3) is 0 Å². The molecule has 1 aromatic rings. The first kappa shape index (κ1) is 19.9. The van der Waals surface area contributed by atoms with Crippen molar-refractivity contribution in [3.05, 3.63) is 35.9 Å². The molecule has 0 unspecified atom stereocenters. The first-order valence-corrected chi connectivity index (χ1v) is 9.11. The minimum Gasteiger partial charge on any atom is -0.481 e. The van der Waals surface area contributed by atoms with Crippen LogP contribution in [0.5, 0.6) is 0 Å². The molecule has 0 aromatic heterocycles. The van der Waals surface area contributed by atoms with Crippen molar-refractivity contribution in [2.75, 3.05) is 13.1 Å². The maximum atomic E-state index is 11.9. The van der Waals surface area contributed by atoms with Gasteiger partial charge in [0.25, 0.3) is 0 Å². The number of aliphatic carboxylic acids is 1. The number of hydrogen-bond donors (Lipinski definition) is 3. The molecule has 1 heterocycles. The zero-order chi connectivity index (χ0) is 18.8. The van der Waals surface area contributed by atoms with Gasteiger partial charge in [0.2, 0.25) is 5.91 Å². The van der Waals surface area contributed by atoms with Crippen LogP contribution in [0.15, 0.2) is 30.3 Å². The maximum Gasteiger partial charge on any atom is 0.321 e. The van der Waals surface area contributed by atoms with Gasteiger partial charge in [0.1, 0.15) is 0 Å². The average Bonchev–Trinajstić information content (AvgIpc) is 2.61. The third-order valence-corrected chi connectivity index (χ3v) is 4.47. The number of rotatable bonds is 8. The van der Waals surface area contributed by atoms with Gasteiger partial charge in [0.15, 0.2) is 0 Å². The SMILES string of the molecule is O=C(O)CCCCC(=O)NC(=O)NC1CCN(Cc2ccccc2)CC1. The van der Waals surface area contributed by atoms with Crippen LogP contribution in [-0.2, 0) is 16.1 Å². The van der Waals surface area contributed by atoms with Crippen LogP contribution in [0.4, 0.5) is 4.79 Å². The number of imide groups is 1. The molecule has 0 saturated carbocycles. The number of carbonyl (C=O) groups excluding carboxylic acids is 2. The molecular weight excluding hydrogens is 334 g/mol. The summed E-state index contributed by atoms with van der Waals surface area (Å²) in [7, 11) is 0. The quantitative estimate of drug-likeness (QED) is 0.616. The largest absolute Gasteiger partial charge is 0.481 e. The number of nitrogens with one attached hydrogen (secondary N) is 2. The van der Waals surface area contributed by atoms with Crippen molar-refractivity contribution in [1.82, 2.24) is 15.5 Å². The Labute approximate surface area is 153 Å². The molecule has 3 N–H and O–H groups in total. The Morgan fingerprint density at radius 2 is 1.69 bits per heavy atom. The van der Waals surface area contributed by atoms with Crippen molar-refractivity contribution in [2.45, 2.75) is 51.1 Å². The number of likely N-dealkylation sites (tertiary alicyclic amines) is 1. The van der Waals surface area contributed by atoms with Crippen molar-refractivity contribution in [1.29, 1.82) is 0 Å². The second-order valence-corrected chi connectivity index (χ2v) is 6.66. The molecule has 3 amide bonds. The lowest BCUT2D eigenvalue weighted by molar-refractivity contribution is -0.137. The van der Waals surface area contributed by atoms with Gasteiger partial charge in [0.05, 0.1) is 0 Å². The Hall–Kier alpha value is -2.41. The van der Waals surface area contributed by atoms with Gasteiger partial charge in [-0.25, -0.2) is 4.79 Å². The van der Waals surface area contributed by atoms with E-state index in [2.05, 4.69) is 27.7 Å². The standard InChI is InChI=1S/C19H27N3O4/c23-17(8-4-5-9-18(24)25)21-19(26)20-16-10-12-22(13-11-16)14-15-6-2-1-3-7-15/h1-3,6-7,16H,4-5,8-14H2,(H,24,25)(H2,20,21,23,26). The molecule has 2 rings (SSSR count). The lowest BCUT2D eigenvalue weighted by atomic mass is 10.0. The Morgan fingerprint density at radius 1 is 1.04 bits per heavy atom. The van der Waals surface area contributed by atoms with Crippen molar-refractivity contribution in [3.8, 4) is 0 Å². The number of unbranched alkanes of at least 4 members (excludes halogenated alkanes) is 1. The van der Waals surface area contributed by atoms with E-state index in [1.807, 2.05) is 18.2 Å². The van der Waals surface area contributed by atoms with Crippen LogP contribution in [-0.4, -0.2) is 47.0 Å². The molecule has 142 valence electrons. The van der Waals surface area contributed by atoms with E-state index in [0.29, 0.717) is 12.8 Å². The molecule has 0 atom stereocenters. The summed E-state index contributed by atoms with van der Waals surface area (Å²) in [6.07, 6.45) is 2.81. The number of piperidine rings is 1. The predicted molar refractivity (Wildman–Crippen MR) is 97.5 cm³/mol. The highest BCUT2D eigenvalue weighted by Crippen LogP contribution is 2.13. The number of benzene rings is 1. The van der Waals surface area contributed by atoms with Gasteiger partial charge in [-0.2, -0.15) is 0 Å². The second-order valence-electron chi connectivity index (χ2n) is 6.66. The number of carbonyl (C=O) groups is 3. The molecule has 1 aromatic carbocycles. The first-order chi connectivity index (χ1) is 12.5. The second kappa shape index (κ2) is 10.6. The summed E-state index contributed by atoms with van der Waals surface area (Å²) in [5.41, 5.74) is 1.28. The van der Waals surface area contributed by atoms with Gasteiger partial charge in [-0.05, 0) is 31.2 Å². The highest BCUT2D eigenvalue weighted by Gasteiger charge is 2.21. The number of urea groups is 1. The van der Waals surface area contributed by atoms with Crippen molar-refractivity contribution in [3.63, 3.8) is 0 Å². The van der Waals surface area contributed by atoms with Crippen LogP contribution in [0.1, 0.15) is 44.1 Å². The zero-order valence-corrected chi connectivity index (χ0v) is 14.9. The normalized spacial score (nSPS) is 15.4. The van der Waals surface area contributed by atoms with Gasteiger partial charge in [-0.3, -0.25) is 19.8 Å². The summed E-state index contributed by atoms with van der Waals surface area (Å²) in [6, 6.07) is 9.90. The first-order valence-electron chi connectivity index (χ1n) is 9.11. The Bertz CT molecular complexity index is 598. The van der Waals surface area contributed by atoms with Crippen LogP contribution in [0.3, 0.4) is 0 Å². The number of carboxylic acid groups (broad SMARTS) is 1. The van der Waals surface area contributed by atoms with E-state index in [9.17, 15) is 14.4 Å². The number of nitrogens with zero attached hydrogens (tertiary/aromatic N) is 1. The molecule has 26 heavy (non-hydrogen) atoms. The van der Waals surface area contributed by atoms with E-state index < -0.39 is 12.0 Å². The molecule has 1 aliphatic rings. The average molecular weight is 361 g/mol. The minimum absolute atomic E-state index is 0.0427. The number of hydrogen-bond acceptors (Lipinski definition) is 4. The summed E-state index contributed by atoms with van der Waals surface area (Å²) in [4.78, 5) is 36.3. The molecule has 0 radical (unpaired) electrons. The van der Waals surface area contributed by atoms with E-state index in [-0.39, 0.29) is 24.8 Å². The van der Waals surface area contributed by atoms with Crippen molar-refractivity contribution < 1.29 is 19.5 Å². The predicted octanol–water partition coefficient (Wildman–Crippen LogP) is 2.12. The van der Waals surface area contributed by atoms with E-state index >= 15 is 0 Å². The van der Waals surface area contributed by atoms with Gasteiger partial charge in [-0.15, -0.1) is 0 Å². The number of amides is 3. The van der Waals surface area contributed by atoms with Crippen molar-refractivity contribution in [2.24, 2.45) is 0 Å². The van der Waals surface area contributed by atoms with Crippen molar-refractivity contribution >= 4 is 17.9 Å². The highest BCUT2D eigenvalue weighted by molar-refractivity contribution is 5.94. The molecule has 0 spiro atoms. The molecule has 1 fully saturated rings. The lowest BCUT2D eigenvalue weighted by Crippen LogP contribution is -2.48. The number of carboxylic acids is 1. The van der Waals surface area contributed by atoms with Crippen LogP contribution >= 0.6 is 0 Å². The monoisotopic (exact) mass is 361 g/mol.